The van der Waals surface area contributed by atoms with Gasteiger partial charge in [0.2, 0.25) is 0 Å². The van der Waals surface area contributed by atoms with Crippen molar-refractivity contribution in [2.24, 2.45) is 0 Å². The average Bonchev–Trinajstić information content (AvgIpc) is 3.19. The zero-order valence-corrected chi connectivity index (χ0v) is 16.5. The summed E-state index contributed by atoms with van der Waals surface area (Å²) in [6, 6.07) is 30.2. The molecule has 1 atom stereocenters. The van der Waals surface area contributed by atoms with E-state index in [-0.39, 0.29) is 0 Å². The SMILES string of the molecule is CN(Cc1cn(-c2ccccc2)nc1-c1ccccc1)C[C@H](O)c1ccccc1. The van der Waals surface area contributed by atoms with Gasteiger partial charge in [-0.25, -0.2) is 4.68 Å². The van der Waals surface area contributed by atoms with Crippen LogP contribution in [0.4, 0.5) is 0 Å². The van der Waals surface area contributed by atoms with E-state index in [1.165, 1.54) is 0 Å². The Balaban J connectivity index is 1.59. The summed E-state index contributed by atoms with van der Waals surface area (Å²) in [6.45, 7) is 1.25. The smallest absolute Gasteiger partial charge is 0.0972 e. The van der Waals surface area contributed by atoms with Gasteiger partial charge >= 0.3 is 0 Å². The molecule has 0 saturated heterocycles. The van der Waals surface area contributed by atoms with Crippen LogP contribution in [0.25, 0.3) is 16.9 Å². The van der Waals surface area contributed by atoms with E-state index in [4.69, 9.17) is 5.10 Å². The minimum absolute atomic E-state index is 0.523. The summed E-state index contributed by atoms with van der Waals surface area (Å²) in [4.78, 5) is 2.14. The number of rotatable bonds is 7. The van der Waals surface area contributed by atoms with Gasteiger partial charge in [0.1, 0.15) is 0 Å². The number of aromatic nitrogens is 2. The fourth-order valence-corrected chi connectivity index (χ4v) is 3.51. The molecule has 4 nitrogen and oxygen atoms in total. The lowest BCUT2D eigenvalue weighted by atomic mass is 10.1. The quantitative estimate of drug-likeness (QED) is 0.503. The van der Waals surface area contributed by atoms with Crippen molar-refractivity contribution < 1.29 is 5.11 Å². The first kappa shape index (κ1) is 19.1. The molecular weight excluding hydrogens is 358 g/mol. The van der Waals surface area contributed by atoms with Crippen LogP contribution >= 0.6 is 0 Å². The van der Waals surface area contributed by atoms with Gasteiger partial charge in [0, 0.05) is 30.4 Å². The average molecular weight is 383 g/mol. The second-order valence-electron chi connectivity index (χ2n) is 7.27. The van der Waals surface area contributed by atoms with Crippen molar-refractivity contribution in [2.45, 2.75) is 12.6 Å². The maximum absolute atomic E-state index is 10.6. The highest BCUT2D eigenvalue weighted by atomic mass is 16.3. The summed E-state index contributed by atoms with van der Waals surface area (Å²) in [5.41, 5.74) is 5.15. The Labute approximate surface area is 171 Å². The molecule has 0 bridgehead atoms. The van der Waals surface area contributed by atoms with Crippen molar-refractivity contribution >= 4 is 0 Å². The van der Waals surface area contributed by atoms with Gasteiger partial charge in [-0.1, -0.05) is 78.9 Å². The first-order valence-electron chi connectivity index (χ1n) is 9.81. The van der Waals surface area contributed by atoms with Crippen LogP contribution in [0.1, 0.15) is 17.2 Å². The van der Waals surface area contributed by atoms with E-state index < -0.39 is 6.10 Å². The van der Waals surface area contributed by atoms with Gasteiger partial charge in [0.15, 0.2) is 0 Å². The number of hydrogen-bond donors (Lipinski definition) is 1. The zero-order chi connectivity index (χ0) is 20.1. The molecule has 0 spiro atoms. The first-order valence-corrected chi connectivity index (χ1v) is 9.81. The van der Waals surface area contributed by atoms with Crippen LogP contribution in [0.3, 0.4) is 0 Å². The summed E-state index contributed by atoms with van der Waals surface area (Å²) in [7, 11) is 2.03. The van der Waals surface area contributed by atoms with Crippen LogP contribution in [0, 0.1) is 0 Å². The third-order valence-electron chi connectivity index (χ3n) is 4.97. The van der Waals surface area contributed by atoms with E-state index in [2.05, 4.69) is 35.4 Å². The molecule has 4 heteroatoms. The summed E-state index contributed by atoms with van der Waals surface area (Å²) < 4.78 is 1.93. The summed E-state index contributed by atoms with van der Waals surface area (Å²) >= 11 is 0. The van der Waals surface area contributed by atoms with Crippen LogP contribution in [0.15, 0.2) is 97.2 Å². The standard InChI is InChI=1S/C25H25N3O/c1-27(19-24(29)20-11-5-2-6-12-20)17-22-18-28(23-15-9-4-10-16-23)26-25(22)21-13-7-3-8-14-21/h2-16,18,24,29H,17,19H2,1H3/t24-/m0/s1. The largest absolute Gasteiger partial charge is 0.387 e. The minimum Gasteiger partial charge on any atom is -0.387 e. The predicted molar refractivity (Wildman–Crippen MR) is 117 cm³/mol. The Morgan fingerprint density at radius 2 is 1.45 bits per heavy atom. The Morgan fingerprint density at radius 3 is 2.10 bits per heavy atom. The highest BCUT2D eigenvalue weighted by Crippen LogP contribution is 2.25. The van der Waals surface area contributed by atoms with E-state index in [0.29, 0.717) is 13.1 Å². The van der Waals surface area contributed by atoms with E-state index in [0.717, 1.165) is 28.1 Å². The number of benzene rings is 3. The molecular formula is C25H25N3O. The second kappa shape index (κ2) is 8.86. The van der Waals surface area contributed by atoms with Gasteiger partial charge in [-0.3, -0.25) is 4.90 Å². The molecule has 4 rings (SSSR count). The number of para-hydroxylation sites is 1. The fourth-order valence-electron chi connectivity index (χ4n) is 3.51. The maximum Gasteiger partial charge on any atom is 0.0972 e. The topological polar surface area (TPSA) is 41.3 Å². The van der Waals surface area contributed by atoms with Gasteiger partial charge in [-0.2, -0.15) is 5.10 Å². The summed E-state index contributed by atoms with van der Waals surface area (Å²) in [6.07, 6.45) is 1.56. The summed E-state index contributed by atoms with van der Waals surface area (Å²) in [5, 5.41) is 15.4. The molecule has 0 fully saturated rings. The molecule has 0 aliphatic rings. The van der Waals surface area contributed by atoms with Crippen LogP contribution in [-0.4, -0.2) is 33.4 Å². The van der Waals surface area contributed by atoms with Gasteiger partial charge in [-0.15, -0.1) is 0 Å². The van der Waals surface area contributed by atoms with E-state index in [9.17, 15) is 5.11 Å². The maximum atomic E-state index is 10.6. The van der Waals surface area contributed by atoms with Crippen molar-refractivity contribution in [3.05, 3.63) is 108 Å². The predicted octanol–water partition coefficient (Wildman–Crippen LogP) is 4.70. The molecule has 1 aromatic heterocycles. The lowest BCUT2D eigenvalue weighted by molar-refractivity contribution is 0.124. The molecule has 4 aromatic rings. The molecule has 0 unspecified atom stereocenters. The highest BCUT2D eigenvalue weighted by Gasteiger charge is 2.16. The van der Waals surface area contributed by atoms with Crippen LogP contribution in [0.5, 0.6) is 0 Å². The van der Waals surface area contributed by atoms with Crippen molar-refractivity contribution in [1.82, 2.24) is 14.7 Å². The van der Waals surface area contributed by atoms with Crippen molar-refractivity contribution in [3.63, 3.8) is 0 Å². The number of aliphatic hydroxyl groups excluding tert-OH is 1. The van der Waals surface area contributed by atoms with E-state index >= 15 is 0 Å². The molecule has 0 amide bonds. The van der Waals surface area contributed by atoms with Crippen molar-refractivity contribution in [1.29, 1.82) is 0 Å². The molecule has 29 heavy (non-hydrogen) atoms. The monoisotopic (exact) mass is 383 g/mol. The lowest BCUT2D eigenvalue weighted by Gasteiger charge is -2.20. The van der Waals surface area contributed by atoms with Crippen molar-refractivity contribution in [2.75, 3.05) is 13.6 Å². The summed E-state index contributed by atoms with van der Waals surface area (Å²) in [5.74, 6) is 0. The van der Waals surface area contributed by atoms with E-state index in [1.54, 1.807) is 0 Å². The first-order chi connectivity index (χ1) is 14.2. The molecule has 146 valence electrons. The van der Waals surface area contributed by atoms with Gasteiger partial charge in [0.05, 0.1) is 17.5 Å². The van der Waals surface area contributed by atoms with Crippen LogP contribution in [-0.2, 0) is 6.54 Å². The Hall–Kier alpha value is -3.21. The highest BCUT2D eigenvalue weighted by molar-refractivity contribution is 5.63. The number of aliphatic hydroxyl groups is 1. The molecule has 0 aliphatic heterocycles. The molecule has 1 N–H and O–H groups in total. The Kier molecular flexibility index (Phi) is 5.84. The molecule has 3 aromatic carbocycles. The van der Waals surface area contributed by atoms with Crippen molar-refractivity contribution in [3.8, 4) is 16.9 Å². The fraction of sp³-hybridized carbons (Fsp3) is 0.160. The zero-order valence-electron chi connectivity index (χ0n) is 16.5. The van der Waals surface area contributed by atoms with Crippen LogP contribution in [0.2, 0.25) is 0 Å². The second-order valence-corrected chi connectivity index (χ2v) is 7.27. The molecule has 0 radical (unpaired) electrons. The van der Waals surface area contributed by atoms with Gasteiger partial charge in [-0.05, 0) is 24.7 Å². The molecule has 0 saturated carbocycles. The number of likely N-dealkylation sites (N-methyl/N-ethyl adjacent to an activating group) is 1. The molecule has 0 aliphatic carbocycles. The minimum atomic E-state index is -0.523. The lowest BCUT2D eigenvalue weighted by Crippen LogP contribution is -2.24. The number of nitrogens with zero attached hydrogens (tertiary/aromatic N) is 3. The third kappa shape index (κ3) is 4.62. The molecule has 1 heterocycles. The Morgan fingerprint density at radius 1 is 0.862 bits per heavy atom. The number of hydrogen-bond acceptors (Lipinski definition) is 3. The normalized spacial score (nSPS) is 12.2. The third-order valence-corrected chi connectivity index (χ3v) is 4.97. The van der Waals surface area contributed by atoms with Crippen LogP contribution < -0.4 is 0 Å². The Bertz CT molecular complexity index is 1030. The van der Waals surface area contributed by atoms with E-state index in [1.807, 2.05) is 78.5 Å². The van der Waals surface area contributed by atoms with Gasteiger partial charge < -0.3 is 5.11 Å². The van der Waals surface area contributed by atoms with Gasteiger partial charge in [0.25, 0.3) is 0 Å².